The number of nitrogens with zero attached hydrogens (tertiary/aromatic N) is 2. The Kier molecular flexibility index (Phi) is 6.14. The molecule has 3 rings (SSSR count). The van der Waals surface area contributed by atoms with Crippen LogP contribution in [0, 0.1) is 5.82 Å². The van der Waals surface area contributed by atoms with Gasteiger partial charge in [0.15, 0.2) is 9.84 Å². The smallest absolute Gasteiger partial charge is 0.274 e. The summed E-state index contributed by atoms with van der Waals surface area (Å²) in [6.07, 6.45) is 2.68. The third-order valence-electron chi connectivity index (χ3n) is 5.42. The number of amidine groups is 1. The second-order valence-corrected chi connectivity index (χ2v) is 10.9. The molecule has 11 heteroatoms. The highest BCUT2D eigenvalue weighted by atomic mass is 35.5. The lowest BCUT2D eigenvalue weighted by Crippen LogP contribution is -2.56. The van der Waals surface area contributed by atoms with Crippen LogP contribution < -0.4 is 11.1 Å². The molecule has 3 N–H and O–H groups in total. The summed E-state index contributed by atoms with van der Waals surface area (Å²) in [4.78, 5) is 20.7. The first kappa shape index (κ1) is 23.8. The van der Waals surface area contributed by atoms with Crippen LogP contribution in [0.5, 0.6) is 0 Å². The lowest BCUT2D eigenvalue weighted by molar-refractivity contribution is 0.102. The van der Waals surface area contributed by atoms with E-state index in [9.17, 15) is 22.0 Å². The molecule has 0 spiro atoms. The summed E-state index contributed by atoms with van der Waals surface area (Å²) in [7, 11) is -3.97. The number of hydrogen-bond donors (Lipinski definition) is 2. The van der Waals surface area contributed by atoms with Gasteiger partial charge >= 0.3 is 0 Å². The van der Waals surface area contributed by atoms with E-state index in [0.29, 0.717) is 10.6 Å². The van der Waals surface area contributed by atoms with E-state index in [1.165, 1.54) is 38.3 Å². The molecule has 1 aliphatic heterocycles. The number of halogens is 3. The van der Waals surface area contributed by atoms with Gasteiger partial charge in [-0.3, -0.25) is 9.79 Å². The van der Waals surface area contributed by atoms with Gasteiger partial charge in [-0.05, 0) is 38.1 Å². The number of pyridine rings is 1. The third-order valence-corrected chi connectivity index (χ3v) is 8.25. The van der Waals surface area contributed by atoms with Gasteiger partial charge in [-0.15, -0.1) is 0 Å². The summed E-state index contributed by atoms with van der Waals surface area (Å²) in [6.45, 7) is 5.01. The van der Waals surface area contributed by atoms with Gasteiger partial charge in [-0.25, -0.2) is 22.2 Å². The Morgan fingerprint density at radius 3 is 2.66 bits per heavy atom. The van der Waals surface area contributed by atoms with Crippen molar-refractivity contribution in [1.29, 1.82) is 0 Å². The van der Waals surface area contributed by atoms with Gasteiger partial charge in [-0.2, -0.15) is 0 Å². The Morgan fingerprint density at radius 1 is 1.38 bits per heavy atom. The topological polar surface area (TPSA) is 115 Å². The summed E-state index contributed by atoms with van der Waals surface area (Å²) in [5.74, 6) is -2.64. The maximum Gasteiger partial charge on any atom is 0.274 e. The molecule has 0 aliphatic carbocycles. The van der Waals surface area contributed by atoms with Crippen LogP contribution in [0.2, 0.25) is 5.02 Å². The van der Waals surface area contributed by atoms with Gasteiger partial charge in [-0.1, -0.05) is 24.3 Å². The summed E-state index contributed by atoms with van der Waals surface area (Å²) < 4.78 is 53.0. The average molecular weight is 483 g/mol. The fourth-order valence-electron chi connectivity index (χ4n) is 3.28. The number of aromatic nitrogens is 1. The third kappa shape index (κ3) is 4.00. The molecule has 170 valence electrons. The van der Waals surface area contributed by atoms with Crippen molar-refractivity contribution < 1.29 is 22.0 Å². The quantitative estimate of drug-likeness (QED) is 0.677. The Hall–Kier alpha value is -2.85. The van der Waals surface area contributed by atoms with Gasteiger partial charge in [0, 0.05) is 23.0 Å². The molecular formula is C21H21ClF2N4O3S. The van der Waals surface area contributed by atoms with E-state index in [4.69, 9.17) is 17.3 Å². The Balaban J connectivity index is 2.05. The minimum absolute atomic E-state index is 0.0136. The number of aliphatic imine (C=N–C) groups is 1. The molecule has 2 heterocycles. The van der Waals surface area contributed by atoms with E-state index >= 15 is 0 Å². The minimum Gasteiger partial charge on any atom is -0.386 e. The van der Waals surface area contributed by atoms with E-state index in [2.05, 4.69) is 21.9 Å². The van der Waals surface area contributed by atoms with Crippen molar-refractivity contribution in [3.05, 3.63) is 64.7 Å². The predicted octanol–water partition coefficient (Wildman–Crippen LogP) is 3.50. The minimum atomic E-state index is -3.97. The van der Waals surface area contributed by atoms with Crippen LogP contribution in [0.15, 0.2) is 42.0 Å². The number of alkyl halides is 1. The van der Waals surface area contributed by atoms with Crippen LogP contribution in [-0.2, 0) is 15.4 Å². The van der Waals surface area contributed by atoms with E-state index < -0.39 is 44.3 Å². The van der Waals surface area contributed by atoms with Crippen LogP contribution >= 0.6 is 11.6 Å². The number of anilines is 1. The molecule has 1 amide bonds. The molecule has 0 saturated carbocycles. The van der Waals surface area contributed by atoms with E-state index in [0.717, 1.165) is 12.1 Å². The number of carbonyl (C=O) groups excluding carboxylic acids is 1. The molecule has 0 radical (unpaired) electrons. The summed E-state index contributed by atoms with van der Waals surface area (Å²) in [5, 5.41) is 2.85. The first-order chi connectivity index (χ1) is 14.9. The molecule has 0 saturated heterocycles. The lowest BCUT2D eigenvalue weighted by atomic mass is 9.92. The number of carbonyl (C=O) groups is 1. The van der Waals surface area contributed by atoms with Gasteiger partial charge in [0.2, 0.25) is 0 Å². The molecule has 1 atom stereocenters. The highest BCUT2D eigenvalue weighted by Crippen LogP contribution is 2.39. The molecule has 2 aromatic rings. The molecule has 1 unspecified atom stereocenters. The van der Waals surface area contributed by atoms with Gasteiger partial charge in [0.05, 0.1) is 10.8 Å². The standard InChI is InChI=1S/C21H21ClF2N4O3S/c1-4-12-7-13(22)9-26-17(12)18(29)27-14-5-6-16(24)15(8-14)21(10-23)11-32(30,31)20(2,3)19(25)28-21/h4-9H,1,10-11H2,2-3H3,(H2,25,28)(H,27,29). The van der Waals surface area contributed by atoms with Crippen molar-refractivity contribution in [3.8, 4) is 0 Å². The van der Waals surface area contributed by atoms with E-state index in [-0.39, 0.29) is 22.8 Å². The van der Waals surface area contributed by atoms with Crippen molar-refractivity contribution in [3.63, 3.8) is 0 Å². The fourth-order valence-corrected chi connectivity index (χ4v) is 5.10. The molecule has 1 aromatic carbocycles. The Labute approximate surface area is 189 Å². The maximum atomic E-state index is 14.8. The van der Waals surface area contributed by atoms with Crippen molar-refractivity contribution >= 4 is 44.9 Å². The molecular weight excluding hydrogens is 462 g/mol. The number of nitrogens with two attached hydrogens (primary N) is 1. The number of hydrogen-bond acceptors (Lipinski definition) is 6. The zero-order valence-electron chi connectivity index (χ0n) is 17.3. The van der Waals surface area contributed by atoms with Gasteiger partial charge < -0.3 is 11.1 Å². The molecule has 32 heavy (non-hydrogen) atoms. The van der Waals surface area contributed by atoms with Gasteiger partial charge in [0.1, 0.15) is 34.3 Å². The van der Waals surface area contributed by atoms with Gasteiger partial charge in [0.25, 0.3) is 5.91 Å². The number of benzene rings is 1. The molecule has 1 aliphatic rings. The highest BCUT2D eigenvalue weighted by molar-refractivity contribution is 7.93. The van der Waals surface area contributed by atoms with Crippen LogP contribution in [0.25, 0.3) is 6.08 Å². The van der Waals surface area contributed by atoms with Crippen molar-refractivity contribution in [1.82, 2.24) is 4.98 Å². The molecule has 7 nitrogen and oxygen atoms in total. The normalized spacial score (nSPS) is 21.5. The molecule has 1 aromatic heterocycles. The predicted molar refractivity (Wildman–Crippen MR) is 121 cm³/mol. The Bertz CT molecular complexity index is 1250. The molecule has 0 bridgehead atoms. The number of sulfone groups is 1. The second-order valence-electron chi connectivity index (χ2n) is 7.88. The van der Waals surface area contributed by atoms with E-state index in [1.54, 1.807) is 0 Å². The average Bonchev–Trinajstić information content (AvgIpc) is 2.73. The van der Waals surface area contributed by atoms with Crippen LogP contribution in [-0.4, -0.2) is 42.3 Å². The Morgan fingerprint density at radius 2 is 2.06 bits per heavy atom. The summed E-state index contributed by atoms with van der Waals surface area (Å²) in [6, 6.07) is 4.88. The zero-order valence-corrected chi connectivity index (χ0v) is 18.9. The molecule has 0 fully saturated rings. The van der Waals surface area contributed by atoms with Crippen LogP contribution in [0.4, 0.5) is 14.5 Å². The van der Waals surface area contributed by atoms with Crippen molar-refractivity contribution in [2.24, 2.45) is 10.7 Å². The summed E-state index contributed by atoms with van der Waals surface area (Å²) in [5.41, 5.74) is 3.90. The second kappa shape index (κ2) is 8.25. The number of amides is 1. The maximum absolute atomic E-state index is 14.8. The van der Waals surface area contributed by atoms with Crippen molar-refractivity contribution in [2.45, 2.75) is 24.1 Å². The SMILES string of the molecule is C=Cc1cc(Cl)cnc1C(=O)Nc1ccc(F)c(C2(CF)CS(=O)(=O)C(C)(C)C(N)=N2)c1. The first-order valence-corrected chi connectivity index (χ1v) is 11.4. The van der Waals surface area contributed by atoms with E-state index in [1.807, 2.05) is 0 Å². The van der Waals surface area contributed by atoms with Crippen molar-refractivity contribution in [2.75, 3.05) is 17.7 Å². The fraction of sp³-hybridized carbons (Fsp3) is 0.286. The largest absolute Gasteiger partial charge is 0.386 e. The monoisotopic (exact) mass is 482 g/mol. The first-order valence-electron chi connectivity index (χ1n) is 9.40. The summed E-state index contributed by atoms with van der Waals surface area (Å²) >= 11 is 5.88. The van der Waals surface area contributed by atoms with Crippen LogP contribution in [0.1, 0.15) is 35.5 Å². The number of rotatable bonds is 5. The number of nitrogens with one attached hydrogen (secondary N) is 1. The zero-order chi connectivity index (χ0) is 23.9. The van der Waals surface area contributed by atoms with Crippen LogP contribution in [0.3, 0.4) is 0 Å². The highest BCUT2D eigenvalue weighted by Gasteiger charge is 2.51. The lowest BCUT2D eigenvalue weighted by Gasteiger charge is -2.38.